The fourth-order valence-corrected chi connectivity index (χ4v) is 6.56. The third-order valence-electron chi connectivity index (χ3n) is 7.81. The molecule has 0 aliphatic carbocycles. The van der Waals surface area contributed by atoms with E-state index in [1.165, 1.54) is 34.5 Å². The van der Waals surface area contributed by atoms with Crippen LogP contribution >= 0.6 is 11.8 Å². The van der Waals surface area contributed by atoms with Crippen LogP contribution in [0.2, 0.25) is 0 Å². The lowest BCUT2D eigenvalue weighted by Gasteiger charge is -2.44. The molecule has 0 N–H and O–H groups in total. The zero-order chi connectivity index (χ0) is 31.2. The summed E-state index contributed by atoms with van der Waals surface area (Å²) in [5.74, 6) is -1.34. The summed E-state index contributed by atoms with van der Waals surface area (Å²) in [6.07, 6.45) is 4.74. The van der Waals surface area contributed by atoms with Crippen LogP contribution in [-0.2, 0) is 4.79 Å². The van der Waals surface area contributed by atoms with E-state index in [0.717, 1.165) is 5.56 Å². The summed E-state index contributed by atoms with van der Waals surface area (Å²) in [7, 11) is 0. The van der Waals surface area contributed by atoms with Gasteiger partial charge in [-0.05, 0) is 68.8 Å². The minimum absolute atomic E-state index is 0.0255. The van der Waals surface area contributed by atoms with Gasteiger partial charge in [-0.15, -0.1) is 11.8 Å². The van der Waals surface area contributed by atoms with Crippen LogP contribution in [0.15, 0.2) is 58.9 Å². The van der Waals surface area contributed by atoms with Crippen molar-refractivity contribution >= 4 is 34.5 Å². The summed E-state index contributed by atoms with van der Waals surface area (Å²) in [4.78, 5) is 44.5. The summed E-state index contributed by atoms with van der Waals surface area (Å²) >= 11 is 1.28. The molecule has 1 aromatic carbocycles. The van der Waals surface area contributed by atoms with Gasteiger partial charge in [0.05, 0.1) is 22.3 Å². The highest BCUT2D eigenvalue weighted by Crippen LogP contribution is 2.37. The van der Waals surface area contributed by atoms with E-state index in [4.69, 9.17) is 4.98 Å². The second-order valence-electron chi connectivity index (χ2n) is 11.1. The van der Waals surface area contributed by atoms with Crippen molar-refractivity contribution < 1.29 is 13.6 Å². The first kappa shape index (κ1) is 30.3. The number of halogens is 2. The molecule has 5 rings (SSSR count). The molecule has 4 aromatic rings. The van der Waals surface area contributed by atoms with Crippen molar-refractivity contribution in [1.29, 1.82) is 0 Å². The fraction of sp³-hybridized carbons (Fsp3) is 0.344. The number of carbonyl (C=O) groups excluding carboxylic acids is 1. The van der Waals surface area contributed by atoms with Gasteiger partial charge in [0.1, 0.15) is 17.3 Å². The van der Waals surface area contributed by atoms with Crippen molar-refractivity contribution in [3.05, 3.63) is 82.6 Å². The zero-order valence-corrected chi connectivity index (χ0v) is 25.9. The Morgan fingerprint density at radius 2 is 1.81 bits per heavy atom. The number of piperazine rings is 1. The molecule has 4 heterocycles. The van der Waals surface area contributed by atoms with Gasteiger partial charge in [0.15, 0.2) is 11.5 Å². The number of nitrogens with zero attached hydrogens (tertiary/aromatic N) is 6. The lowest BCUT2D eigenvalue weighted by molar-refractivity contribution is -0.130. The molecule has 1 aliphatic heterocycles. The van der Waals surface area contributed by atoms with E-state index in [1.54, 1.807) is 35.6 Å². The Balaban J connectivity index is 1.84. The molecular formula is C32H34F2N6O2S. The van der Waals surface area contributed by atoms with Crippen molar-refractivity contribution in [1.82, 2.24) is 24.4 Å². The summed E-state index contributed by atoms with van der Waals surface area (Å²) < 4.78 is 32.7. The lowest BCUT2D eigenvalue weighted by Crippen LogP contribution is -2.58. The molecule has 3 aromatic heterocycles. The molecule has 0 radical (unpaired) electrons. The molecule has 1 amide bonds. The first-order chi connectivity index (χ1) is 20.5. The van der Waals surface area contributed by atoms with Crippen molar-refractivity contribution in [3.63, 3.8) is 0 Å². The largest absolute Gasteiger partial charge is 0.355 e. The fourth-order valence-electron chi connectivity index (χ4n) is 5.95. The van der Waals surface area contributed by atoms with Crippen molar-refractivity contribution in [3.8, 4) is 16.9 Å². The first-order valence-corrected chi connectivity index (χ1v) is 15.3. The highest BCUT2D eigenvalue weighted by molar-refractivity contribution is 7.98. The van der Waals surface area contributed by atoms with Crippen molar-refractivity contribution in [2.45, 2.75) is 57.5 Å². The zero-order valence-electron chi connectivity index (χ0n) is 25.1. The molecule has 43 heavy (non-hydrogen) atoms. The average molecular weight is 605 g/mol. The Kier molecular flexibility index (Phi) is 8.38. The number of pyridine rings is 2. The monoisotopic (exact) mass is 604 g/mol. The van der Waals surface area contributed by atoms with Gasteiger partial charge in [-0.3, -0.25) is 9.78 Å². The lowest BCUT2D eigenvalue weighted by atomic mass is 10.0. The number of hydrogen-bond donors (Lipinski definition) is 0. The van der Waals surface area contributed by atoms with Crippen molar-refractivity contribution in [2.24, 2.45) is 0 Å². The van der Waals surface area contributed by atoms with Gasteiger partial charge in [-0.25, -0.2) is 23.1 Å². The average Bonchev–Trinajstić information content (AvgIpc) is 2.96. The predicted molar refractivity (Wildman–Crippen MR) is 167 cm³/mol. The van der Waals surface area contributed by atoms with Crippen LogP contribution < -0.4 is 10.6 Å². The Labute approximate surface area is 253 Å². The Bertz CT molecular complexity index is 1800. The molecule has 11 heteroatoms. The topological polar surface area (TPSA) is 84.2 Å². The second kappa shape index (κ2) is 11.9. The number of fused-ring (bicyclic) bond motifs is 1. The van der Waals surface area contributed by atoms with Gasteiger partial charge in [0, 0.05) is 36.3 Å². The maximum atomic E-state index is 16.1. The highest BCUT2D eigenvalue weighted by Gasteiger charge is 2.34. The number of thioether (sulfide) groups is 1. The second-order valence-corrected chi connectivity index (χ2v) is 12.0. The third kappa shape index (κ3) is 5.30. The molecule has 0 unspecified atom stereocenters. The highest BCUT2D eigenvalue weighted by atomic mass is 32.2. The summed E-state index contributed by atoms with van der Waals surface area (Å²) in [5.41, 5.74) is 1.28. The molecule has 0 spiro atoms. The van der Waals surface area contributed by atoms with Crippen LogP contribution in [0.3, 0.4) is 0 Å². The molecule has 2 atom stereocenters. The molecule has 1 aliphatic rings. The van der Waals surface area contributed by atoms with E-state index in [1.807, 2.05) is 39.5 Å². The van der Waals surface area contributed by atoms with Crippen molar-refractivity contribution in [2.75, 3.05) is 24.2 Å². The van der Waals surface area contributed by atoms with Gasteiger partial charge in [0.25, 0.3) is 0 Å². The van der Waals surface area contributed by atoms with E-state index < -0.39 is 17.3 Å². The molecule has 0 bridgehead atoms. The molecule has 224 valence electrons. The normalized spacial score (nSPS) is 17.1. The van der Waals surface area contributed by atoms with E-state index in [2.05, 4.69) is 16.5 Å². The summed E-state index contributed by atoms with van der Waals surface area (Å²) in [6, 6.07) is 7.13. The van der Waals surface area contributed by atoms with E-state index in [-0.39, 0.29) is 46.6 Å². The van der Waals surface area contributed by atoms with Gasteiger partial charge in [-0.2, -0.15) is 4.98 Å². The molecule has 1 fully saturated rings. The van der Waals surface area contributed by atoms with Crippen LogP contribution in [0.5, 0.6) is 0 Å². The quantitative estimate of drug-likeness (QED) is 0.201. The van der Waals surface area contributed by atoms with Crippen LogP contribution in [0.25, 0.3) is 28.0 Å². The number of anilines is 1. The Morgan fingerprint density at radius 3 is 2.44 bits per heavy atom. The van der Waals surface area contributed by atoms with Gasteiger partial charge >= 0.3 is 5.69 Å². The number of carbonyl (C=O) groups is 1. The van der Waals surface area contributed by atoms with Crippen LogP contribution in [0.4, 0.5) is 14.6 Å². The molecular weight excluding hydrogens is 570 g/mol. The van der Waals surface area contributed by atoms with Gasteiger partial charge in [-0.1, -0.05) is 26.5 Å². The number of hydrogen-bond acceptors (Lipinski definition) is 7. The summed E-state index contributed by atoms with van der Waals surface area (Å²) in [6.45, 7) is 13.9. The number of rotatable bonds is 6. The van der Waals surface area contributed by atoms with E-state index in [0.29, 0.717) is 34.8 Å². The maximum absolute atomic E-state index is 16.1. The first-order valence-electron chi connectivity index (χ1n) is 14.1. The Hall–Kier alpha value is -4.12. The maximum Gasteiger partial charge on any atom is 0.355 e. The van der Waals surface area contributed by atoms with Crippen LogP contribution in [0.1, 0.15) is 44.9 Å². The molecule has 1 saturated heterocycles. The smallest absolute Gasteiger partial charge is 0.352 e. The number of amides is 1. The van der Waals surface area contributed by atoms with E-state index >= 15 is 8.78 Å². The summed E-state index contributed by atoms with van der Waals surface area (Å²) in [5, 5.41) is 0.295. The standard InChI is InChI=1S/C32H34F2N6O2S/c1-8-25(41)39-19(5)15-38(16-20(39)6)30-21-14-23(34)28(26-22(33)10-9-11-24(26)43-7)36-31(21)40(32(42)37-30)29-18(4)12-13-35-27(29)17(2)3/h8-14,17,19-20H,1,15-16H2,2-7H3/t19-,20+. The SMILES string of the molecule is C=CC(=O)N1[C@H](C)CN(c2nc(=O)n(-c3c(C)ccnc3C(C)C)c3nc(-c4c(F)cccc4SC)c(F)cc23)C[C@@H]1C. The van der Waals surface area contributed by atoms with Gasteiger partial charge < -0.3 is 9.80 Å². The number of aromatic nitrogens is 4. The van der Waals surface area contributed by atoms with Crippen LogP contribution in [0, 0.1) is 18.6 Å². The minimum atomic E-state index is -0.741. The van der Waals surface area contributed by atoms with E-state index in [9.17, 15) is 9.59 Å². The minimum Gasteiger partial charge on any atom is -0.352 e. The Morgan fingerprint density at radius 1 is 1.12 bits per heavy atom. The van der Waals surface area contributed by atoms with Gasteiger partial charge in [0.2, 0.25) is 5.91 Å². The number of benzene rings is 1. The molecule has 0 saturated carbocycles. The number of aryl methyl sites for hydroxylation is 1. The molecule has 8 nitrogen and oxygen atoms in total. The van der Waals surface area contributed by atoms with Crippen LogP contribution in [-0.4, -0.2) is 61.8 Å². The predicted octanol–water partition coefficient (Wildman–Crippen LogP) is 5.89. The third-order valence-corrected chi connectivity index (χ3v) is 8.59.